The summed E-state index contributed by atoms with van der Waals surface area (Å²) in [5.41, 5.74) is -0.284. The minimum Gasteiger partial charge on any atom is -0.509 e. The van der Waals surface area contributed by atoms with Gasteiger partial charge < -0.3 is 15.3 Å². The van der Waals surface area contributed by atoms with Crippen molar-refractivity contribution in [2.75, 3.05) is 0 Å². The highest BCUT2D eigenvalue weighted by Gasteiger charge is 2.13. The molecule has 1 aromatic carbocycles. The second-order valence-corrected chi connectivity index (χ2v) is 2.50. The molecule has 0 fully saturated rings. The molecule has 0 unspecified atom stereocenters. The smallest absolute Gasteiger partial charge is 0.124 e. The third kappa shape index (κ3) is 1.02. The van der Waals surface area contributed by atoms with Crippen molar-refractivity contribution in [2.45, 2.75) is 6.92 Å². The maximum atomic E-state index is 9.19. The molecule has 0 saturated carbocycles. The number of benzene rings is 1. The van der Waals surface area contributed by atoms with Gasteiger partial charge in [0.1, 0.15) is 32.9 Å². The molecule has 0 aliphatic heterocycles. The Morgan fingerprint density at radius 2 is 1.17 bits per heavy atom. The van der Waals surface area contributed by atoms with Crippen molar-refractivity contribution in [1.29, 1.82) is 0 Å². The SMILES string of the molecule is [B]c1c(O)c([B])c(O)c(C)c1O. The van der Waals surface area contributed by atoms with Crippen LogP contribution >= 0.6 is 0 Å². The average molecular weight is 160 g/mol. The lowest BCUT2D eigenvalue weighted by atomic mass is 9.82. The Kier molecular flexibility index (Phi) is 1.96. The van der Waals surface area contributed by atoms with E-state index in [1.807, 2.05) is 0 Å². The van der Waals surface area contributed by atoms with Crippen molar-refractivity contribution >= 4 is 26.6 Å². The summed E-state index contributed by atoms with van der Waals surface area (Å²) < 4.78 is 0. The number of hydrogen-bond acceptors (Lipinski definition) is 3. The van der Waals surface area contributed by atoms with Gasteiger partial charge in [0.15, 0.2) is 0 Å². The molecule has 0 aliphatic carbocycles. The van der Waals surface area contributed by atoms with Crippen molar-refractivity contribution in [3.8, 4) is 17.2 Å². The van der Waals surface area contributed by atoms with E-state index in [0.717, 1.165) is 0 Å². The van der Waals surface area contributed by atoms with E-state index in [1.165, 1.54) is 6.92 Å². The Hall–Kier alpha value is -1.25. The molecule has 1 aromatic rings. The van der Waals surface area contributed by atoms with Gasteiger partial charge in [-0.2, -0.15) is 0 Å². The lowest BCUT2D eigenvalue weighted by molar-refractivity contribution is 0.433. The van der Waals surface area contributed by atoms with Crippen LogP contribution < -0.4 is 10.9 Å². The van der Waals surface area contributed by atoms with Crippen molar-refractivity contribution in [3.63, 3.8) is 0 Å². The largest absolute Gasteiger partial charge is 0.509 e. The van der Waals surface area contributed by atoms with E-state index in [2.05, 4.69) is 0 Å². The van der Waals surface area contributed by atoms with E-state index in [4.69, 9.17) is 20.8 Å². The summed E-state index contributed by atoms with van der Waals surface area (Å²) in [7, 11) is 10.5. The van der Waals surface area contributed by atoms with Gasteiger partial charge in [0, 0.05) is 5.56 Å². The van der Waals surface area contributed by atoms with Crippen molar-refractivity contribution < 1.29 is 15.3 Å². The normalized spacial score (nSPS) is 10.1. The molecule has 0 aliphatic rings. The first-order valence-corrected chi connectivity index (χ1v) is 3.25. The lowest BCUT2D eigenvalue weighted by Gasteiger charge is -2.11. The number of rotatable bonds is 0. The molecule has 3 N–H and O–H groups in total. The van der Waals surface area contributed by atoms with Crippen LogP contribution in [0.3, 0.4) is 0 Å². The van der Waals surface area contributed by atoms with Crippen LogP contribution in [0.1, 0.15) is 5.56 Å². The maximum Gasteiger partial charge on any atom is 0.124 e. The predicted octanol–water partition coefficient (Wildman–Crippen LogP) is -1.30. The zero-order valence-electron chi connectivity index (χ0n) is 6.50. The Labute approximate surface area is 72.5 Å². The van der Waals surface area contributed by atoms with Gasteiger partial charge in [-0.05, 0) is 17.8 Å². The lowest BCUT2D eigenvalue weighted by Crippen LogP contribution is -2.17. The third-order valence-electron chi connectivity index (χ3n) is 1.73. The van der Waals surface area contributed by atoms with E-state index < -0.39 is 5.75 Å². The number of phenols is 3. The number of phenolic OH excluding ortho intramolecular Hbond substituents is 3. The topological polar surface area (TPSA) is 60.7 Å². The summed E-state index contributed by atoms with van der Waals surface area (Å²) in [5.74, 6) is -1.19. The van der Waals surface area contributed by atoms with Crippen molar-refractivity contribution in [1.82, 2.24) is 0 Å². The maximum absolute atomic E-state index is 9.19. The molecule has 0 atom stereocenters. The predicted molar refractivity (Wildman–Crippen MR) is 46.9 cm³/mol. The fourth-order valence-corrected chi connectivity index (χ4v) is 0.886. The zero-order chi connectivity index (χ0) is 9.46. The molecule has 5 heteroatoms. The fraction of sp³-hybridized carbons (Fsp3) is 0.143. The molecular formula is C7H6B2O3. The van der Waals surface area contributed by atoms with Gasteiger partial charge in [0.25, 0.3) is 0 Å². The van der Waals surface area contributed by atoms with Crippen LogP contribution in [0.25, 0.3) is 0 Å². The molecule has 0 spiro atoms. The first kappa shape index (κ1) is 8.84. The van der Waals surface area contributed by atoms with E-state index >= 15 is 0 Å². The minimum absolute atomic E-state index is 0.155. The summed E-state index contributed by atoms with van der Waals surface area (Å²) in [6.07, 6.45) is 0. The molecule has 0 amide bonds. The molecule has 0 aromatic heterocycles. The molecule has 3 nitrogen and oxygen atoms in total. The van der Waals surface area contributed by atoms with Gasteiger partial charge in [-0.1, -0.05) is 0 Å². The average Bonchev–Trinajstić information content (AvgIpc) is 2.08. The molecule has 0 saturated heterocycles. The van der Waals surface area contributed by atoms with E-state index in [1.54, 1.807) is 0 Å². The molecule has 4 radical (unpaired) electrons. The quantitative estimate of drug-likeness (QED) is 0.413. The summed E-state index contributed by atoms with van der Waals surface area (Å²) in [4.78, 5) is 0. The summed E-state index contributed by atoms with van der Waals surface area (Å²) in [5, 5.41) is 27.5. The Morgan fingerprint density at radius 1 is 0.833 bits per heavy atom. The van der Waals surface area contributed by atoms with Crippen LogP contribution in [0.5, 0.6) is 17.2 Å². The van der Waals surface area contributed by atoms with Gasteiger partial charge in [0.05, 0.1) is 0 Å². The second kappa shape index (κ2) is 2.66. The summed E-state index contributed by atoms with van der Waals surface area (Å²) in [6, 6.07) is 0. The van der Waals surface area contributed by atoms with Crippen LogP contribution in [-0.4, -0.2) is 31.0 Å². The molecule has 0 heterocycles. The van der Waals surface area contributed by atoms with Gasteiger partial charge >= 0.3 is 0 Å². The third-order valence-corrected chi connectivity index (χ3v) is 1.73. The van der Waals surface area contributed by atoms with E-state index in [0.29, 0.717) is 0 Å². The molecule has 0 bridgehead atoms. The van der Waals surface area contributed by atoms with Crippen LogP contribution in [0.15, 0.2) is 0 Å². The summed E-state index contributed by atoms with van der Waals surface area (Å²) >= 11 is 0. The molecular weight excluding hydrogens is 154 g/mol. The Morgan fingerprint density at radius 3 is 1.50 bits per heavy atom. The Bertz CT molecular complexity index is 231. The standard InChI is InChI=1S/C7H6B2O3/c1-2-5(10)3(8)7(12)4(9)6(2)11/h10-12H,1H3. The zero-order valence-corrected chi connectivity index (χ0v) is 6.50. The van der Waals surface area contributed by atoms with Gasteiger partial charge in [-0.25, -0.2) is 0 Å². The van der Waals surface area contributed by atoms with Crippen LogP contribution in [0, 0.1) is 6.92 Å². The van der Waals surface area contributed by atoms with Crippen LogP contribution in [0.2, 0.25) is 0 Å². The number of aromatic hydroxyl groups is 3. The minimum atomic E-state index is -0.490. The molecule has 12 heavy (non-hydrogen) atoms. The number of hydrogen-bond donors (Lipinski definition) is 3. The Balaban J connectivity index is 3.60. The first-order valence-electron chi connectivity index (χ1n) is 3.25. The van der Waals surface area contributed by atoms with Crippen molar-refractivity contribution in [3.05, 3.63) is 5.56 Å². The summed E-state index contributed by atoms with van der Waals surface area (Å²) in [6.45, 7) is 1.44. The van der Waals surface area contributed by atoms with Gasteiger partial charge in [-0.3, -0.25) is 0 Å². The van der Waals surface area contributed by atoms with Gasteiger partial charge in [-0.15, -0.1) is 0 Å². The highest BCUT2D eigenvalue weighted by molar-refractivity contribution is 6.43. The van der Waals surface area contributed by atoms with Gasteiger partial charge in [0.2, 0.25) is 0 Å². The highest BCUT2D eigenvalue weighted by Crippen LogP contribution is 2.24. The molecule has 1 rings (SSSR count). The fourth-order valence-electron chi connectivity index (χ4n) is 0.886. The highest BCUT2D eigenvalue weighted by atomic mass is 16.3. The first-order chi connectivity index (χ1) is 5.46. The van der Waals surface area contributed by atoms with Crippen molar-refractivity contribution in [2.24, 2.45) is 0 Å². The van der Waals surface area contributed by atoms with Crippen LogP contribution in [0.4, 0.5) is 0 Å². The molecule has 58 valence electrons. The van der Waals surface area contributed by atoms with E-state index in [9.17, 15) is 10.2 Å². The second-order valence-electron chi connectivity index (χ2n) is 2.50. The van der Waals surface area contributed by atoms with Crippen LogP contribution in [-0.2, 0) is 0 Å². The van der Waals surface area contributed by atoms with E-state index in [-0.39, 0.29) is 28.0 Å². The monoisotopic (exact) mass is 160 g/mol.